The van der Waals surface area contributed by atoms with Crippen molar-refractivity contribution in [2.24, 2.45) is 5.41 Å². The second kappa shape index (κ2) is 5.33. The fourth-order valence-electron chi connectivity index (χ4n) is 2.54. The number of carbonyl (C=O) groups is 1. The van der Waals surface area contributed by atoms with Crippen LogP contribution in [0.3, 0.4) is 0 Å². The van der Waals surface area contributed by atoms with Crippen LogP contribution in [-0.2, 0) is 0 Å². The summed E-state index contributed by atoms with van der Waals surface area (Å²) >= 11 is 4.92. The lowest BCUT2D eigenvalue weighted by molar-refractivity contribution is 0.0640. The van der Waals surface area contributed by atoms with Crippen molar-refractivity contribution < 1.29 is 4.79 Å². The van der Waals surface area contributed by atoms with Crippen LogP contribution in [0.4, 0.5) is 0 Å². The highest BCUT2D eigenvalue weighted by atomic mass is 79.9. The molecular weight excluding hydrogens is 310 g/mol. The largest absolute Gasteiger partial charge is 0.338 e. The second-order valence-electron chi connectivity index (χ2n) is 5.92. The Labute approximate surface area is 122 Å². The van der Waals surface area contributed by atoms with Gasteiger partial charge in [-0.15, -0.1) is 11.3 Å². The number of nitrogens with zero attached hydrogens (tertiary/aromatic N) is 1. The van der Waals surface area contributed by atoms with Gasteiger partial charge in [0.05, 0.1) is 8.66 Å². The highest BCUT2D eigenvalue weighted by Crippen LogP contribution is 2.37. The summed E-state index contributed by atoms with van der Waals surface area (Å²) in [5.74, 6) is 0.162. The smallest absolute Gasteiger partial charge is 0.263 e. The zero-order valence-corrected chi connectivity index (χ0v) is 13.6. The first kappa shape index (κ1) is 14.1. The normalized spacial score (nSPS) is 19.8. The predicted octanol–water partition coefficient (Wildman–Crippen LogP) is 4.55. The van der Waals surface area contributed by atoms with Gasteiger partial charge in [-0.1, -0.05) is 13.8 Å². The van der Waals surface area contributed by atoms with E-state index in [2.05, 4.69) is 29.8 Å². The van der Waals surface area contributed by atoms with Crippen molar-refractivity contribution in [2.75, 3.05) is 7.05 Å². The van der Waals surface area contributed by atoms with E-state index >= 15 is 0 Å². The molecule has 1 aromatic rings. The van der Waals surface area contributed by atoms with Gasteiger partial charge in [0.1, 0.15) is 0 Å². The highest BCUT2D eigenvalue weighted by Gasteiger charge is 2.31. The molecule has 1 fully saturated rings. The highest BCUT2D eigenvalue weighted by molar-refractivity contribution is 9.11. The standard InChI is InChI=1S/C14H20BrNOS/c1-14(2)8-6-10(7-9-14)16(3)13(17)11-4-5-12(15)18-11/h4-5,10H,6-9H2,1-3H3. The average Bonchev–Trinajstić information content (AvgIpc) is 2.74. The van der Waals surface area contributed by atoms with E-state index in [1.807, 2.05) is 24.1 Å². The number of halogens is 1. The van der Waals surface area contributed by atoms with Crippen molar-refractivity contribution in [2.45, 2.75) is 45.6 Å². The summed E-state index contributed by atoms with van der Waals surface area (Å²) in [4.78, 5) is 15.1. The molecule has 100 valence electrons. The number of carbonyl (C=O) groups excluding carboxylic acids is 1. The van der Waals surface area contributed by atoms with Crippen LogP contribution >= 0.6 is 27.3 Å². The molecule has 2 rings (SSSR count). The first-order valence-electron chi connectivity index (χ1n) is 6.41. The number of thiophene rings is 1. The molecule has 0 saturated heterocycles. The zero-order valence-electron chi connectivity index (χ0n) is 11.2. The lowest BCUT2D eigenvalue weighted by Crippen LogP contribution is -2.40. The maximum atomic E-state index is 12.3. The third-order valence-corrected chi connectivity index (χ3v) is 5.57. The van der Waals surface area contributed by atoms with Gasteiger partial charge in [0, 0.05) is 13.1 Å². The summed E-state index contributed by atoms with van der Waals surface area (Å²) in [5.41, 5.74) is 0.451. The Morgan fingerprint density at radius 2 is 2.00 bits per heavy atom. The number of hydrogen-bond donors (Lipinski definition) is 0. The molecule has 0 N–H and O–H groups in total. The minimum Gasteiger partial charge on any atom is -0.338 e. The zero-order chi connectivity index (χ0) is 13.3. The Bertz CT molecular complexity index is 431. The summed E-state index contributed by atoms with van der Waals surface area (Å²) in [5, 5.41) is 0. The predicted molar refractivity (Wildman–Crippen MR) is 80.1 cm³/mol. The molecule has 0 spiro atoms. The van der Waals surface area contributed by atoms with Crippen LogP contribution < -0.4 is 0 Å². The van der Waals surface area contributed by atoms with Crippen molar-refractivity contribution in [1.29, 1.82) is 0 Å². The molecule has 1 saturated carbocycles. The molecule has 1 amide bonds. The maximum absolute atomic E-state index is 12.3. The minimum atomic E-state index is 0.162. The summed E-state index contributed by atoms with van der Waals surface area (Å²) < 4.78 is 1.02. The van der Waals surface area contributed by atoms with Crippen molar-refractivity contribution in [3.8, 4) is 0 Å². The molecular formula is C14H20BrNOS. The average molecular weight is 330 g/mol. The molecule has 18 heavy (non-hydrogen) atoms. The van der Waals surface area contributed by atoms with E-state index in [-0.39, 0.29) is 5.91 Å². The Morgan fingerprint density at radius 3 is 2.50 bits per heavy atom. The lowest BCUT2D eigenvalue weighted by atomic mass is 9.75. The number of rotatable bonds is 2. The van der Waals surface area contributed by atoms with Crippen molar-refractivity contribution in [3.63, 3.8) is 0 Å². The van der Waals surface area contributed by atoms with Crippen LogP contribution in [0.1, 0.15) is 49.2 Å². The maximum Gasteiger partial charge on any atom is 0.263 e. The molecule has 0 radical (unpaired) electrons. The molecule has 0 atom stereocenters. The molecule has 2 nitrogen and oxygen atoms in total. The van der Waals surface area contributed by atoms with E-state index in [0.717, 1.165) is 21.5 Å². The summed E-state index contributed by atoms with van der Waals surface area (Å²) in [7, 11) is 1.94. The fourth-order valence-corrected chi connectivity index (χ4v) is 3.91. The molecule has 0 bridgehead atoms. The molecule has 1 aliphatic carbocycles. The van der Waals surface area contributed by atoms with Crippen LogP contribution in [0.2, 0.25) is 0 Å². The van der Waals surface area contributed by atoms with Gasteiger partial charge < -0.3 is 4.90 Å². The molecule has 1 aliphatic rings. The van der Waals surface area contributed by atoms with Crippen LogP contribution in [0, 0.1) is 5.41 Å². The number of hydrogen-bond acceptors (Lipinski definition) is 2. The minimum absolute atomic E-state index is 0.162. The van der Waals surface area contributed by atoms with E-state index in [4.69, 9.17) is 0 Å². The summed E-state index contributed by atoms with van der Waals surface area (Å²) in [6, 6.07) is 4.25. The van der Waals surface area contributed by atoms with Gasteiger partial charge >= 0.3 is 0 Å². The third kappa shape index (κ3) is 3.15. The SMILES string of the molecule is CN(C(=O)c1ccc(Br)s1)C1CCC(C)(C)CC1. The Hall–Kier alpha value is -0.350. The van der Waals surface area contributed by atoms with Gasteiger partial charge in [0.25, 0.3) is 5.91 Å². The molecule has 0 aliphatic heterocycles. The lowest BCUT2D eigenvalue weighted by Gasteiger charge is -2.38. The van der Waals surface area contributed by atoms with Gasteiger partial charge in [-0.3, -0.25) is 4.79 Å². The Kier molecular flexibility index (Phi) is 4.17. The van der Waals surface area contributed by atoms with Crippen molar-refractivity contribution in [1.82, 2.24) is 4.90 Å². The van der Waals surface area contributed by atoms with Gasteiger partial charge in [0.15, 0.2) is 0 Å². The van der Waals surface area contributed by atoms with Crippen LogP contribution in [0.15, 0.2) is 15.9 Å². The topological polar surface area (TPSA) is 20.3 Å². The Balaban J connectivity index is 2.00. The van der Waals surface area contributed by atoms with E-state index in [1.165, 1.54) is 24.2 Å². The monoisotopic (exact) mass is 329 g/mol. The van der Waals surface area contributed by atoms with Gasteiger partial charge in [0.2, 0.25) is 0 Å². The van der Waals surface area contributed by atoms with Crippen LogP contribution in [-0.4, -0.2) is 23.9 Å². The first-order chi connectivity index (χ1) is 8.39. The number of amides is 1. The molecule has 1 aromatic heterocycles. The fraction of sp³-hybridized carbons (Fsp3) is 0.643. The van der Waals surface area contributed by atoms with E-state index in [1.54, 1.807) is 0 Å². The van der Waals surface area contributed by atoms with E-state index in [9.17, 15) is 4.79 Å². The van der Waals surface area contributed by atoms with Crippen molar-refractivity contribution >= 4 is 33.2 Å². The molecule has 1 heterocycles. The van der Waals surface area contributed by atoms with Crippen molar-refractivity contribution in [3.05, 3.63) is 20.8 Å². The Morgan fingerprint density at radius 1 is 1.39 bits per heavy atom. The van der Waals surface area contributed by atoms with Crippen LogP contribution in [0.25, 0.3) is 0 Å². The quantitative estimate of drug-likeness (QED) is 0.779. The van der Waals surface area contributed by atoms with Crippen LogP contribution in [0.5, 0.6) is 0 Å². The molecule has 0 aromatic carbocycles. The van der Waals surface area contributed by atoms with E-state index < -0.39 is 0 Å². The second-order valence-corrected chi connectivity index (χ2v) is 8.38. The molecule has 4 heteroatoms. The van der Waals surface area contributed by atoms with Gasteiger partial charge in [-0.05, 0) is 59.2 Å². The molecule has 0 unspecified atom stereocenters. The third-order valence-electron chi connectivity index (χ3n) is 3.96. The van der Waals surface area contributed by atoms with E-state index in [0.29, 0.717) is 11.5 Å². The van der Waals surface area contributed by atoms with Gasteiger partial charge in [-0.2, -0.15) is 0 Å². The van der Waals surface area contributed by atoms with Gasteiger partial charge in [-0.25, -0.2) is 0 Å². The summed E-state index contributed by atoms with van der Waals surface area (Å²) in [6.45, 7) is 4.64. The first-order valence-corrected chi connectivity index (χ1v) is 8.02. The summed E-state index contributed by atoms with van der Waals surface area (Å²) in [6.07, 6.45) is 4.68.